The molecule has 0 aliphatic rings. The maximum absolute atomic E-state index is 12.0. The number of benzene rings is 1. The second-order valence-electron chi connectivity index (χ2n) is 6.32. The summed E-state index contributed by atoms with van der Waals surface area (Å²) in [5.41, 5.74) is 0.930. The summed E-state index contributed by atoms with van der Waals surface area (Å²) in [4.78, 5) is 23.6. The molecule has 24 heavy (non-hydrogen) atoms. The van der Waals surface area contributed by atoms with Crippen molar-refractivity contribution in [3.8, 4) is 0 Å². The van der Waals surface area contributed by atoms with Crippen molar-refractivity contribution in [1.82, 2.24) is 5.32 Å². The minimum atomic E-state index is -0.492. The molecule has 0 aliphatic heterocycles. The van der Waals surface area contributed by atoms with Gasteiger partial charge in [0.15, 0.2) is 0 Å². The summed E-state index contributed by atoms with van der Waals surface area (Å²) in [7, 11) is 0. The topological polar surface area (TPSA) is 64.6 Å². The van der Waals surface area contributed by atoms with E-state index in [1.165, 1.54) is 0 Å². The summed E-state index contributed by atoms with van der Waals surface area (Å²) in [5, 5.41) is 2.79. The van der Waals surface area contributed by atoms with E-state index in [1.807, 2.05) is 37.3 Å². The van der Waals surface area contributed by atoms with Crippen LogP contribution in [-0.4, -0.2) is 24.7 Å². The Hall–Kier alpha value is -2.04. The highest BCUT2D eigenvalue weighted by molar-refractivity contribution is 5.69. The molecule has 1 amide bonds. The fourth-order valence-corrected chi connectivity index (χ4v) is 2.26. The first-order valence-electron chi connectivity index (χ1n) is 8.64. The minimum Gasteiger partial charge on any atom is -0.463 e. The van der Waals surface area contributed by atoms with E-state index in [0.29, 0.717) is 12.3 Å². The Morgan fingerprint density at radius 2 is 1.83 bits per heavy atom. The molecule has 1 aromatic rings. The van der Waals surface area contributed by atoms with Gasteiger partial charge in [-0.25, -0.2) is 4.79 Å². The predicted octanol–water partition coefficient (Wildman–Crippen LogP) is 4.06. The molecule has 0 aromatic heterocycles. The lowest BCUT2D eigenvalue weighted by Crippen LogP contribution is -2.40. The number of amides is 1. The van der Waals surface area contributed by atoms with Crippen LogP contribution < -0.4 is 5.32 Å². The summed E-state index contributed by atoms with van der Waals surface area (Å²) in [5.74, 6) is 0.156. The molecular weight excluding hydrogens is 306 g/mol. The third-order valence-corrected chi connectivity index (χ3v) is 3.47. The quantitative estimate of drug-likeness (QED) is 0.655. The van der Waals surface area contributed by atoms with Crippen molar-refractivity contribution >= 4 is 12.1 Å². The van der Waals surface area contributed by atoms with E-state index in [2.05, 4.69) is 19.2 Å². The fourth-order valence-electron chi connectivity index (χ4n) is 2.26. The number of carbonyl (C=O) groups is 2. The van der Waals surface area contributed by atoms with Gasteiger partial charge in [0, 0.05) is 6.42 Å². The van der Waals surface area contributed by atoms with Gasteiger partial charge in [-0.05, 0) is 24.3 Å². The highest BCUT2D eigenvalue weighted by Crippen LogP contribution is 2.08. The maximum Gasteiger partial charge on any atom is 0.407 e. The molecule has 1 atom stereocenters. The number of hydrogen-bond acceptors (Lipinski definition) is 4. The molecule has 1 rings (SSSR count). The summed E-state index contributed by atoms with van der Waals surface area (Å²) in [6.45, 7) is 6.55. The molecule has 1 unspecified atom stereocenters. The molecule has 0 bridgehead atoms. The molecule has 0 heterocycles. The molecule has 0 aliphatic carbocycles. The number of nitrogens with one attached hydrogen (secondary N) is 1. The first-order chi connectivity index (χ1) is 11.5. The molecule has 0 fully saturated rings. The average molecular weight is 335 g/mol. The van der Waals surface area contributed by atoms with Crippen LogP contribution in [0.4, 0.5) is 4.79 Å². The second kappa shape index (κ2) is 11.5. The van der Waals surface area contributed by atoms with Gasteiger partial charge in [0.25, 0.3) is 0 Å². The van der Waals surface area contributed by atoms with Crippen LogP contribution in [0, 0.1) is 5.92 Å². The molecule has 0 saturated heterocycles. The Labute approximate surface area is 144 Å². The lowest BCUT2D eigenvalue weighted by atomic mass is 10.0. The minimum absolute atomic E-state index is 0.182. The number of rotatable bonds is 10. The largest absolute Gasteiger partial charge is 0.463 e. The Morgan fingerprint density at radius 3 is 2.46 bits per heavy atom. The third-order valence-electron chi connectivity index (χ3n) is 3.47. The van der Waals surface area contributed by atoms with Gasteiger partial charge < -0.3 is 14.8 Å². The van der Waals surface area contributed by atoms with Crippen LogP contribution >= 0.6 is 0 Å². The van der Waals surface area contributed by atoms with Crippen molar-refractivity contribution in [3.63, 3.8) is 0 Å². The summed E-state index contributed by atoms with van der Waals surface area (Å²) in [6, 6.07) is 9.26. The van der Waals surface area contributed by atoms with E-state index in [-0.39, 0.29) is 25.2 Å². The van der Waals surface area contributed by atoms with Gasteiger partial charge in [-0.2, -0.15) is 0 Å². The van der Waals surface area contributed by atoms with E-state index >= 15 is 0 Å². The van der Waals surface area contributed by atoms with Crippen molar-refractivity contribution < 1.29 is 19.1 Å². The number of unbranched alkanes of at least 4 members (excludes halogenated alkanes) is 1. The first-order valence-corrected chi connectivity index (χ1v) is 8.64. The lowest BCUT2D eigenvalue weighted by Gasteiger charge is -2.20. The van der Waals surface area contributed by atoms with Crippen molar-refractivity contribution in [2.75, 3.05) is 6.61 Å². The van der Waals surface area contributed by atoms with Crippen molar-refractivity contribution in [1.29, 1.82) is 0 Å². The van der Waals surface area contributed by atoms with Gasteiger partial charge in [0.05, 0.1) is 6.04 Å². The van der Waals surface area contributed by atoms with Gasteiger partial charge in [-0.1, -0.05) is 57.5 Å². The van der Waals surface area contributed by atoms with E-state index < -0.39 is 6.09 Å². The van der Waals surface area contributed by atoms with Crippen LogP contribution in [0.1, 0.15) is 52.0 Å². The average Bonchev–Trinajstić information content (AvgIpc) is 2.56. The van der Waals surface area contributed by atoms with Crippen LogP contribution in [-0.2, 0) is 20.9 Å². The normalized spacial score (nSPS) is 11.8. The van der Waals surface area contributed by atoms with Crippen LogP contribution in [0.3, 0.4) is 0 Å². The SMILES string of the molecule is CCCCC(=O)OCC(CC(C)C)NC(=O)OCc1ccccc1. The smallest absolute Gasteiger partial charge is 0.407 e. The van der Waals surface area contributed by atoms with Crippen LogP contribution in [0.25, 0.3) is 0 Å². The highest BCUT2D eigenvalue weighted by Gasteiger charge is 2.17. The second-order valence-corrected chi connectivity index (χ2v) is 6.32. The molecule has 1 aromatic carbocycles. The molecule has 5 heteroatoms. The summed E-state index contributed by atoms with van der Waals surface area (Å²) < 4.78 is 10.5. The van der Waals surface area contributed by atoms with Gasteiger partial charge in [-0.15, -0.1) is 0 Å². The predicted molar refractivity (Wildman–Crippen MR) is 93.5 cm³/mol. The van der Waals surface area contributed by atoms with Crippen LogP contribution in [0.2, 0.25) is 0 Å². The molecule has 1 N–H and O–H groups in total. The molecular formula is C19H29NO4. The zero-order valence-corrected chi connectivity index (χ0v) is 14.9. The van der Waals surface area contributed by atoms with Gasteiger partial charge in [0.1, 0.15) is 13.2 Å². The maximum atomic E-state index is 12.0. The molecule has 0 saturated carbocycles. The van der Waals surface area contributed by atoms with Crippen molar-refractivity contribution in [2.24, 2.45) is 5.92 Å². The van der Waals surface area contributed by atoms with Crippen molar-refractivity contribution in [2.45, 2.75) is 59.1 Å². The molecule has 134 valence electrons. The number of hydrogen-bond donors (Lipinski definition) is 1. The monoisotopic (exact) mass is 335 g/mol. The third kappa shape index (κ3) is 9.18. The summed E-state index contributed by atoms with van der Waals surface area (Å²) >= 11 is 0. The Bertz CT molecular complexity index is 487. The fraction of sp³-hybridized carbons (Fsp3) is 0.579. The Kier molecular flexibility index (Phi) is 9.58. The van der Waals surface area contributed by atoms with E-state index in [9.17, 15) is 9.59 Å². The summed E-state index contributed by atoms with van der Waals surface area (Å²) in [6.07, 6.45) is 2.42. The highest BCUT2D eigenvalue weighted by atomic mass is 16.6. The number of carbonyl (C=O) groups excluding carboxylic acids is 2. The number of esters is 1. The van der Waals surface area contributed by atoms with Crippen LogP contribution in [0.5, 0.6) is 0 Å². The first kappa shape index (κ1) is 20.0. The lowest BCUT2D eigenvalue weighted by molar-refractivity contribution is -0.144. The number of ether oxygens (including phenoxy) is 2. The molecule has 0 radical (unpaired) electrons. The zero-order chi connectivity index (χ0) is 17.8. The molecule has 0 spiro atoms. The Morgan fingerprint density at radius 1 is 1.12 bits per heavy atom. The van der Waals surface area contributed by atoms with E-state index in [4.69, 9.17) is 9.47 Å². The number of alkyl carbamates (subject to hydrolysis) is 1. The molecule has 5 nitrogen and oxygen atoms in total. The van der Waals surface area contributed by atoms with Gasteiger partial charge in [-0.3, -0.25) is 4.79 Å². The van der Waals surface area contributed by atoms with Gasteiger partial charge >= 0.3 is 12.1 Å². The van der Waals surface area contributed by atoms with E-state index in [1.54, 1.807) is 0 Å². The van der Waals surface area contributed by atoms with Gasteiger partial charge in [0.2, 0.25) is 0 Å². The standard InChI is InChI=1S/C19H29NO4/c1-4-5-11-18(21)23-14-17(12-15(2)3)20-19(22)24-13-16-9-7-6-8-10-16/h6-10,15,17H,4-5,11-14H2,1-3H3,(H,20,22). The zero-order valence-electron chi connectivity index (χ0n) is 14.9. The Balaban J connectivity index is 2.40. The van der Waals surface area contributed by atoms with Crippen molar-refractivity contribution in [3.05, 3.63) is 35.9 Å². The van der Waals surface area contributed by atoms with Crippen LogP contribution in [0.15, 0.2) is 30.3 Å². The van der Waals surface area contributed by atoms with E-state index in [0.717, 1.165) is 24.8 Å².